The number of hydrogen-bond acceptors (Lipinski definition) is 4. The average Bonchev–Trinajstić information content (AvgIpc) is 3.06. The highest BCUT2D eigenvalue weighted by molar-refractivity contribution is 6.33. The Labute approximate surface area is 202 Å². The van der Waals surface area contributed by atoms with Gasteiger partial charge in [0.1, 0.15) is 17.7 Å². The number of nitrogens with zero attached hydrogens (tertiary/aromatic N) is 3. The van der Waals surface area contributed by atoms with Gasteiger partial charge in [0.15, 0.2) is 5.82 Å². The third kappa shape index (κ3) is 5.12. The maximum absolute atomic E-state index is 14.0. The summed E-state index contributed by atoms with van der Waals surface area (Å²) in [6.07, 6.45) is 4.14. The molecule has 2 N–H and O–H groups in total. The third-order valence-electron chi connectivity index (χ3n) is 5.94. The number of aryl methyl sites for hydroxylation is 1. The zero-order chi connectivity index (χ0) is 24.2. The molecule has 4 rings (SSSR count). The van der Waals surface area contributed by atoms with Crippen molar-refractivity contribution in [3.05, 3.63) is 64.7 Å². The molecule has 1 atom stereocenters. The van der Waals surface area contributed by atoms with E-state index in [0.717, 1.165) is 38.1 Å². The van der Waals surface area contributed by atoms with Crippen LogP contribution in [0.15, 0.2) is 42.5 Å². The molecular formula is C25H27ClFN5O2. The van der Waals surface area contributed by atoms with E-state index in [2.05, 4.69) is 25.4 Å². The Balaban J connectivity index is 1.55. The quantitative estimate of drug-likeness (QED) is 0.524. The molecule has 0 spiro atoms. The number of amides is 2. The largest absolute Gasteiger partial charge is 0.340 e. The second-order valence-electron chi connectivity index (χ2n) is 8.76. The summed E-state index contributed by atoms with van der Waals surface area (Å²) in [5.74, 6) is -0.310. The molecule has 0 saturated carbocycles. The van der Waals surface area contributed by atoms with Crippen LogP contribution in [0.5, 0.6) is 0 Å². The molecule has 1 aliphatic heterocycles. The predicted octanol–water partition coefficient (Wildman–Crippen LogP) is 4.86. The van der Waals surface area contributed by atoms with Crippen LogP contribution in [0.4, 0.5) is 10.1 Å². The molecule has 0 aliphatic carbocycles. The molecule has 7 nitrogen and oxygen atoms in total. The highest BCUT2D eigenvalue weighted by atomic mass is 35.5. The Kier molecular flexibility index (Phi) is 7.26. The fourth-order valence-corrected chi connectivity index (χ4v) is 4.28. The van der Waals surface area contributed by atoms with Crippen LogP contribution in [0.2, 0.25) is 5.02 Å². The number of halogens is 2. The first-order valence-electron chi connectivity index (χ1n) is 11.4. The van der Waals surface area contributed by atoms with Crippen LogP contribution in [0.25, 0.3) is 11.4 Å². The Bertz CT molecular complexity index is 1210. The SMILES string of the molecule is CC(C)C(NC(=O)c1ccccc1F)C(=O)Nc1ccc(Cl)c(-c2nnc3n2CCCCC3)c1. The van der Waals surface area contributed by atoms with Crippen LogP contribution in [-0.2, 0) is 17.8 Å². The van der Waals surface area contributed by atoms with E-state index in [9.17, 15) is 14.0 Å². The van der Waals surface area contributed by atoms with Crippen molar-refractivity contribution in [3.8, 4) is 11.4 Å². The van der Waals surface area contributed by atoms with Crippen molar-refractivity contribution >= 4 is 29.1 Å². The number of carbonyl (C=O) groups excluding carboxylic acids is 2. The van der Waals surface area contributed by atoms with Crippen LogP contribution in [-0.4, -0.2) is 32.6 Å². The van der Waals surface area contributed by atoms with Crippen molar-refractivity contribution in [1.82, 2.24) is 20.1 Å². The summed E-state index contributed by atoms with van der Waals surface area (Å²) < 4.78 is 16.1. The Morgan fingerprint density at radius 3 is 2.65 bits per heavy atom. The van der Waals surface area contributed by atoms with E-state index < -0.39 is 23.7 Å². The molecule has 0 fully saturated rings. The van der Waals surface area contributed by atoms with Gasteiger partial charge in [-0.05, 0) is 49.1 Å². The topological polar surface area (TPSA) is 88.9 Å². The van der Waals surface area contributed by atoms with Crippen molar-refractivity contribution < 1.29 is 14.0 Å². The molecule has 9 heteroatoms. The molecule has 2 aromatic carbocycles. The van der Waals surface area contributed by atoms with Gasteiger partial charge in [-0.1, -0.05) is 44.0 Å². The molecule has 1 aromatic heterocycles. The van der Waals surface area contributed by atoms with E-state index in [1.54, 1.807) is 24.3 Å². The lowest BCUT2D eigenvalue weighted by molar-refractivity contribution is -0.118. The number of rotatable bonds is 6. The van der Waals surface area contributed by atoms with Crippen LogP contribution >= 0.6 is 11.6 Å². The van der Waals surface area contributed by atoms with E-state index in [4.69, 9.17) is 11.6 Å². The molecule has 0 saturated heterocycles. The zero-order valence-electron chi connectivity index (χ0n) is 19.1. The summed E-state index contributed by atoms with van der Waals surface area (Å²) in [5, 5.41) is 14.7. The third-order valence-corrected chi connectivity index (χ3v) is 6.27. The van der Waals surface area contributed by atoms with Crippen LogP contribution in [0, 0.1) is 11.7 Å². The van der Waals surface area contributed by atoms with E-state index in [-0.39, 0.29) is 11.5 Å². The van der Waals surface area contributed by atoms with Crippen molar-refractivity contribution in [2.24, 2.45) is 5.92 Å². The molecule has 178 valence electrons. The minimum absolute atomic E-state index is 0.109. The minimum atomic E-state index is -0.865. The van der Waals surface area contributed by atoms with E-state index in [1.807, 2.05) is 13.8 Å². The van der Waals surface area contributed by atoms with Crippen LogP contribution in [0.3, 0.4) is 0 Å². The smallest absolute Gasteiger partial charge is 0.254 e. The maximum Gasteiger partial charge on any atom is 0.254 e. The monoisotopic (exact) mass is 483 g/mol. The van der Waals surface area contributed by atoms with Gasteiger partial charge >= 0.3 is 0 Å². The van der Waals surface area contributed by atoms with Gasteiger partial charge in [-0.15, -0.1) is 10.2 Å². The number of nitrogens with one attached hydrogen (secondary N) is 2. The standard InChI is InChI=1S/C25H27ClFN5O2/c1-15(2)22(29-24(33)17-8-5-6-9-20(17)27)25(34)28-16-11-12-19(26)18(14-16)23-31-30-21-10-4-3-7-13-32(21)23/h5-6,8-9,11-12,14-15,22H,3-4,7,10,13H2,1-2H3,(H,28,34)(H,29,33). The zero-order valence-corrected chi connectivity index (χ0v) is 19.9. The highest BCUT2D eigenvalue weighted by Gasteiger charge is 2.26. The summed E-state index contributed by atoms with van der Waals surface area (Å²) in [6.45, 7) is 4.44. The molecule has 2 amide bonds. The molecule has 0 bridgehead atoms. The number of benzene rings is 2. The number of hydrogen-bond donors (Lipinski definition) is 2. The molecule has 2 heterocycles. The van der Waals surface area contributed by atoms with Gasteiger partial charge in [0.25, 0.3) is 5.91 Å². The minimum Gasteiger partial charge on any atom is -0.340 e. The highest BCUT2D eigenvalue weighted by Crippen LogP contribution is 2.31. The van der Waals surface area contributed by atoms with Crippen LogP contribution in [0.1, 0.15) is 49.3 Å². The van der Waals surface area contributed by atoms with Gasteiger partial charge < -0.3 is 15.2 Å². The first kappa shape index (κ1) is 23.9. The molecule has 1 aliphatic rings. The van der Waals surface area contributed by atoms with E-state index in [1.165, 1.54) is 18.2 Å². The number of carbonyl (C=O) groups is 2. The lowest BCUT2D eigenvalue weighted by Gasteiger charge is -2.22. The van der Waals surface area contributed by atoms with E-state index >= 15 is 0 Å². The molecule has 34 heavy (non-hydrogen) atoms. The molecule has 3 aromatic rings. The Morgan fingerprint density at radius 2 is 1.88 bits per heavy atom. The summed E-state index contributed by atoms with van der Waals surface area (Å²) in [7, 11) is 0. The lowest BCUT2D eigenvalue weighted by Crippen LogP contribution is -2.47. The van der Waals surface area contributed by atoms with Crippen molar-refractivity contribution in [3.63, 3.8) is 0 Å². The molecule has 0 radical (unpaired) electrons. The van der Waals surface area contributed by atoms with Crippen molar-refractivity contribution in [2.45, 2.75) is 52.1 Å². The van der Waals surface area contributed by atoms with E-state index in [0.29, 0.717) is 22.1 Å². The first-order valence-corrected chi connectivity index (χ1v) is 11.8. The molecular weight excluding hydrogens is 457 g/mol. The predicted molar refractivity (Wildman–Crippen MR) is 129 cm³/mol. The first-order chi connectivity index (χ1) is 16.3. The average molecular weight is 484 g/mol. The van der Waals surface area contributed by atoms with Gasteiger partial charge in [0.05, 0.1) is 10.6 Å². The van der Waals surface area contributed by atoms with Gasteiger partial charge in [0.2, 0.25) is 5.91 Å². The summed E-state index contributed by atoms with van der Waals surface area (Å²) in [4.78, 5) is 25.7. The molecule has 1 unspecified atom stereocenters. The van der Waals surface area contributed by atoms with Crippen molar-refractivity contribution in [2.75, 3.05) is 5.32 Å². The Morgan fingerprint density at radius 1 is 1.09 bits per heavy atom. The van der Waals surface area contributed by atoms with Gasteiger partial charge in [-0.2, -0.15) is 0 Å². The lowest BCUT2D eigenvalue weighted by atomic mass is 10.0. The van der Waals surface area contributed by atoms with Gasteiger partial charge in [-0.3, -0.25) is 9.59 Å². The number of fused-ring (bicyclic) bond motifs is 1. The fourth-order valence-electron chi connectivity index (χ4n) is 4.08. The summed E-state index contributed by atoms with van der Waals surface area (Å²) in [6, 6.07) is 9.96. The van der Waals surface area contributed by atoms with Gasteiger partial charge in [0, 0.05) is 24.2 Å². The normalized spacial score (nSPS) is 14.3. The number of anilines is 1. The summed E-state index contributed by atoms with van der Waals surface area (Å²) >= 11 is 6.49. The second-order valence-corrected chi connectivity index (χ2v) is 9.17. The van der Waals surface area contributed by atoms with Crippen LogP contribution < -0.4 is 10.6 Å². The van der Waals surface area contributed by atoms with Crippen molar-refractivity contribution in [1.29, 1.82) is 0 Å². The Hall–Kier alpha value is -3.26. The second kappa shape index (κ2) is 10.3. The fraction of sp³-hybridized carbons (Fsp3) is 0.360. The summed E-state index contributed by atoms with van der Waals surface area (Å²) in [5.41, 5.74) is 1.08. The number of aromatic nitrogens is 3. The maximum atomic E-state index is 14.0. The van der Waals surface area contributed by atoms with Gasteiger partial charge in [-0.25, -0.2) is 4.39 Å².